The molecule has 0 heterocycles. The van der Waals surface area contributed by atoms with E-state index in [9.17, 15) is 39.5 Å². The second-order valence-electron chi connectivity index (χ2n) is 2.06. The Kier molecular flexibility index (Phi) is 5.58. The van der Waals surface area contributed by atoms with Gasteiger partial charge in [-0.25, -0.2) is 0 Å². The smallest absolute Gasteiger partial charge is 0 e. The average molecular weight is 352 g/mol. The van der Waals surface area contributed by atoms with E-state index in [0.717, 1.165) is 0 Å². The molecule has 0 aromatic carbocycles. The van der Waals surface area contributed by atoms with Gasteiger partial charge in [-0.2, -0.15) is 0 Å². The van der Waals surface area contributed by atoms with Crippen molar-refractivity contribution in [2.24, 2.45) is 0 Å². The van der Waals surface area contributed by atoms with Gasteiger partial charge in [-0.1, -0.05) is 0 Å². The van der Waals surface area contributed by atoms with Crippen LogP contribution in [-0.2, 0) is 0 Å². The van der Waals surface area contributed by atoms with Crippen LogP contribution in [0.3, 0.4) is 0 Å². The molecule has 14 heavy (non-hydrogen) atoms. The van der Waals surface area contributed by atoms with E-state index in [1.54, 1.807) is 0 Å². The Labute approximate surface area is 88.2 Å². The van der Waals surface area contributed by atoms with Gasteiger partial charge in [-0.15, -0.1) is 0 Å². The average Bonchev–Trinajstić information content (AvgIpc) is 1.44. The standard InChI is InChI=1S/3CF3.As.Ga/c3*2-1(3)4;;. The molecular formula is C3AsF9Ga. The van der Waals surface area contributed by atoms with Crippen molar-refractivity contribution in [1.82, 2.24) is 0 Å². The van der Waals surface area contributed by atoms with Crippen LogP contribution in [0.5, 0.6) is 0 Å². The van der Waals surface area contributed by atoms with Gasteiger partial charge in [0.2, 0.25) is 0 Å². The van der Waals surface area contributed by atoms with Gasteiger partial charge in [0.25, 0.3) is 0 Å². The molecule has 0 bridgehead atoms. The van der Waals surface area contributed by atoms with Gasteiger partial charge in [-0.05, 0) is 0 Å². The molecule has 3 radical (unpaired) electrons. The zero-order valence-corrected chi connectivity index (χ0v) is 10.2. The Morgan fingerprint density at radius 1 is 0.500 bits per heavy atom. The maximum absolute atomic E-state index is 11.4. The maximum atomic E-state index is 11.4. The maximum Gasteiger partial charge on any atom is 0 e. The van der Waals surface area contributed by atoms with Crippen molar-refractivity contribution in [2.45, 2.75) is 14.2 Å². The number of hydrogen-bond donors (Lipinski definition) is 0. The first kappa shape index (κ1) is 17.0. The molecule has 0 aliphatic rings. The molecule has 0 aromatic rings. The van der Waals surface area contributed by atoms with E-state index < -0.39 is 30.4 Å². The van der Waals surface area contributed by atoms with Crippen molar-refractivity contribution in [3.05, 3.63) is 0 Å². The largest absolute Gasteiger partial charge is 0 e. The summed E-state index contributed by atoms with van der Waals surface area (Å²) in [5, 5.41) is 0. The molecule has 0 aromatic heterocycles. The third kappa shape index (κ3) is 4.88. The molecule has 0 unspecified atom stereocenters. The fourth-order valence-electron chi connectivity index (χ4n) is 0.557. The van der Waals surface area contributed by atoms with Crippen LogP contribution in [0.1, 0.15) is 0 Å². The number of rotatable bonds is 0. The van der Waals surface area contributed by atoms with Crippen LogP contribution in [0.4, 0.5) is 39.5 Å². The number of halogens is 9. The van der Waals surface area contributed by atoms with Crippen molar-refractivity contribution < 1.29 is 39.5 Å². The summed E-state index contributed by atoms with van der Waals surface area (Å²) in [6.45, 7) is 0. The fourth-order valence-corrected chi connectivity index (χ4v) is 2.89. The first-order valence-corrected chi connectivity index (χ1v) is 6.20. The van der Waals surface area contributed by atoms with Gasteiger partial charge in [0.15, 0.2) is 0 Å². The number of alkyl halides is 9. The van der Waals surface area contributed by atoms with Crippen LogP contribution in [0.15, 0.2) is 0 Å². The second kappa shape index (κ2) is 4.61. The summed E-state index contributed by atoms with van der Waals surface area (Å²) < 4.78 is 83.7. The molecule has 0 saturated carbocycles. The van der Waals surface area contributed by atoms with E-state index in [0.29, 0.717) is 0 Å². The normalized spacial score (nSPS) is 13.5. The molecule has 83 valence electrons. The minimum Gasteiger partial charge on any atom is 0 e. The molecule has 0 N–H and O–H groups in total. The van der Waals surface area contributed by atoms with E-state index in [1.165, 1.54) is 0 Å². The first-order chi connectivity index (χ1) is 5.37. The van der Waals surface area contributed by atoms with E-state index in [1.807, 2.05) is 0 Å². The zero-order chi connectivity index (χ0) is 11.1. The summed E-state index contributed by atoms with van der Waals surface area (Å²) in [7, 11) is 0. The summed E-state index contributed by atoms with van der Waals surface area (Å²) >= 11 is -7.33. The third-order valence-corrected chi connectivity index (χ3v) is 5.10. The topological polar surface area (TPSA) is 0 Å². The number of hydrogen-bond acceptors (Lipinski definition) is 0. The summed E-state index contributed by atoms with van der Waals surface area (Å²) in [4.78, 5) is 0. The van der Waals surface area contributed by atoms with E-state index in [2.05, 4.69) is 0 Å². The second-order valence-corrected chi connectivity index (χ2v) is 8.00. The van der Waals surface area contributed by atoms with Gasteiger partial charge < -0.3 is 0 Å². The molecule has 11 heteroatoms. The Hall–Kier alpha value is 0.565. The Morgan fingerprint density at radius 2 is 0.643 bits per heavy atom. The molecular weight excluding hydrogens is 352 g/mol. The summed E-state index contributed by atoms with van der Waals surface area (Å²) in [6, 6.07) is 0. The van der Waals surface area contributed by atoms with Crippen LogP contribution < -0.4 is 0 Å². The zero-order valence-electron chi connectivity index (χ0n) is 5.93. The predicted octanol–water partition coefficient (Wildman–Crippen LogP) is 2.40. The van der Waals surface area contributed by atoms with E-state index in [-0.39, 0.29) is 18.0 Å². The Balaban J connectivity index is 0. The summed E-state index contributed by atoms with van der Waals surface area (Å²) in [5.74, 6) is 0. The van der Waals surface area contributed by atoms with Gasteiger partial charge in [0, 0.05) is 18.0 Å². The third-order valence-electron chi connectivity index (χ3n) is 0.982. The van der Waals surface area contributed by atoms with Crippen LogP contribution in [0.2, 0.25) is 0 Å². The molecule has 0 fully saturated rings. The van der Waals surface area contributed by atoms with Gasteiger partial charge in [0.1, 0.15) is 0 Å². The quantitative estimate of drug-likeness (QED) is 0.464. The van der Waals surface area contributed by atoms with Crippen molar-refractivity contribution in [2.75, 3.05) is 0 Å². The molecule has 0 aliphatic heterocycles. The minimum absolute atomic E-state index is 0. The van der Waals surface area contributed by atoms with Crippen LogP contribution >= 0.6 is 0 Å². The van der Waals surface area contributed by atoms with Gasteiger partial charge in [0.05, 0.1) is 0 Å². The van der Waals surface area contributed by atoms with Crippen LogP contribution in [-0.4, -0.2) is 48.4 Å². The molecule has 0 atom stereocenters. The van der Waals surface area contributed by atoms with Crippen LogP contribution in [0, 0.1) is 0 Å². The van der Waals surface area contributed by atoms with E-state index in [4.69, 9.17) is 0 Å². The van der Waals surface area contributed by atoms with Crippen molar-refractivity contribution in [1.29, 1.82) is 0 Å². The first-order valence-electron chi connectivity index (χ1n) is 2.57. The molecule has 0 saturated heterocycles. The fraction of sp³-hybridized carbons (Fsp3) is 1.00. The predicted molar refractivity (Wildman–Crippen MR) is 29.7 cm³/mol. The monoisotopic (exact) mass is 351 g/mol. The van der Waals surface area contributed by atoms with Crippen molar-refractivity contribution in [3.8, 4) is 0 Å². The molecule has 0 spiro atoms. The van der Waals surface area contributed by atoms with E-state index >= 15 is 0 Å². The minimum atomic E-state index is -7.33. The van der Waals surface area contributed by atoms with Gasteiger partial charge in [-0.3, -0.25) is 0 Å². The van der Waals surface area contributed by atoms with Crippen molar-refractivity contribution in [3.63, 3.8) is 0 Å². The Bertz CT molecular complexity index is 143. The Morgan fingerprint density at radius 3 is 0.643 bits per heavy atom. The summed E-state index contributed by atoms with van der Waals surface area (Å²) in [5.41, 5.74) is 0. The molecule has 0 aliphatic carbocycles. The van der Waals surface area contributed by atoms with Crippen molar-refractivity contribution >= 4 is 34.2 Å². The molecule has 0 rings (SSSR count). The summed E-state index contributed by atoms with van der Waals surface area (Å²) in [6.07, 6.45) is 0. The molecule has 0 nitrogen and oxygen atoms in total. The molecule has 0 amide bonds. The SMILES string of the molecule is F[C](F)(F)[Ga]([C](F)(F)F)[C](F)(F)F.[As]. The van der Waals surface area contributed by atoms with Crippen LogP contribution in [0.25, 0.3) is 0 Å². The van der Waals surface area contributed by atoms with Gasteiger partial charge >= 0.3 is 69.9 Å².